The molecule has 3 rings (SSSR count). The third kappa shape index (κ3) is 4.52. The lowest BCUT2D eigenvalue weighted by Crippen LogP contribution is -2.52. The van der Waals surface area contributed by atoms with Gasteiger partial charge >= 0.3 is 0 Å². The molecule has 156 valence electrons. The quantitative estimate of drug-likeness (QED) is 0.753. The molecular formula is C22H29N3O3S. The molecule has 0 spiro atoms. The standard InChI is InChI=1S/C22H29N3O3S/c1-17-10-11-18(2)20(16-17)29(27,28)25-14-12-24(13-15-25)21(22(26)23(3)4)19-8-6-5-7-9-19/h5-11,16,21H,12-15H2,1-4H3/t21-/m0/s1. The van der Waals surface area contributed by atoms with Crippen LogP contribution < -0.4 is 0 Å². The first-order valence-corrected chi connectivity index (χ1v) is 11.2. The molecule has 0 unspecified atom stereocenters. The monoisotopic (exact) mass is 415 g/mol. The molecule has 0 bridgehead atoms. The molecule has 0 N–H and O–H groups in total. The van der Waals surface area contributed by atoms with Gasteiger partial charge in [0.05, 0.1) is 4.90 Å². The van der Waals surface area contributed by atoms with Crippen LogP contribution in [0.1, 0.15) is 22.7 Å². The summed E-state index contributed by atoms with van der Waals surface area (Å²) in [6, 6.07) is 14.8. The van der Waals surface area contributed by atoms with Crippen LogP contribution in [0.5, 0.6) is 0 Å². The molecule has 1 heterocycles. The fourth-order valence-electron chi connectivity index (χ4n) is 3.72. The van der Waals surface area contributed by atoms with Crippen molar-refractivity contribution in [2.24, 2.45) is 0 Å². The van der Waals surface area contributed by atoms with E-state index in [9.17, 15) is 13.2 Å². The molecule has 2 aromatic rings. The number of piperazine rings is 1. The molecule has 1 aliphatic rings. The summed E-state index contributed by atoms with van der Waals surface area (Å²) >= 11 is 0. The molecule has 1 atom stereocenters. The number of amides is 1. The highest BCUT2D eigenvalue weighted by molar-refractivity contribution is 7.89. The molecule has 29 heavy (non-hydrogen) atoms. The van der Waals surface area contributed by atoms with Crippen LogP contribution in [0.25, 0.3) is 0 Å². The summed E-state index contributed by atoms with van der Waals surface area (Å²) in [5.74, 6) is 0.00188. The molecule has 0 saturated carbocycles. The maximum absolute atomic E-state index is 13.2. The Bertz CT molecular complexity index is 966. The largest absolute Gasteiger partial charge is 0.347 e. The number of nitrogens with zero attached hydrogens (tertiary/aromatic N) is 3. The number of hydrogen-bond acceptors (Lipinski definition) is 4. The zero-order chi connectivity index (χ0) is 21.2. The van der Waals surface area contributed by atoms with E-state index in [4.69, 9.17) is 0 Å². The lowest BCUT2D eigenvalue weighted by Gasteiger charge is -2.39. The molecule has 0 aromatic heterocycles. The van der Waals surface area contributed by atoms with Crippen molar-refractivity contribution in [1.82, 2.24) is 14.1 Å². The second-order valence-corrected chi connectivity index (χ2v) is 9.66. The fraction of sp³-hybridized carbons (Fsp3) is 0.409. The Kier molecular flexibility index (Phi) is 6.41. The predicted octanol–water partition coefficient (Wildman–Crippen LogP) is 2.44. The van der Waals surface area contributed by atoms with Gasteiger partial charge in [-0.25, -0.2) is 8.42 Å². The normalized spacial score (nSPS) is 17.1. The maximum Gasteiger partial charge on any atom is 0.244 e. The number of sulfonamides is 1. The Balaban J connectivity index is 1.81. The van der Waals surface area contributed by atoms with Gasteiger partial charge < -0.3 is 4.90 Å². The van der Waals surface area contributed by atoms with Crippen molar-refractivity contribution in [3.63, 3.8) is 0 Å². The van der Waals surface area contributed by atoms with Crippen molar-refractivity contribution < 1.29 is 13.2 Å². The second-order valence-electron chi connectivity index (χ2n) is 7.75. The van der Waals surface area contributed by atoms with Crippen molar-refractivity contribution >= 4 is 15.9 Å². The van der Waals surface area contributed by atoms with Gasteiger partial charge in [0.2, 0.25) is 15.9 Å². The van der Waals surface area contributed by atoms with Gasteiger partial charge in [-0.2, -0.15) is 4.31 Å². The van der Waals surface area contributed by atoms with Crippen LogP contribution >= 0.6 is 0 Å². The van der Waals surface area contributed by atoms with Crippen molar-refractivity contribution in [2.45, 2.75) is 24.8 Å². The predicted molar refractivity (Wildman–Crippen MR) is 114 cm³/mol. The molecule has 1 aliphatic heterocycles. The van der Waals surface area contributed by atoms with Crippen molar-refractivity contribution in [2.75, 3.05) is 40.3 Å². The first kappa shape index (κ1) is 21.5. The van der Waals surface area contributed by atoms with Gasteiger partial charge in [0.1, 0.15) is 6.04 Å². The van der Waals surface area contributed by atoms with Crippen molar-refractivity contribution in [3.8, 4) is 0 Å². The van der Waals surface area contributed by atoms with Crippen molar-refractivity contribution in [3.05, 3.63) is 65.2 Å². The van der Waals surface area contributed by atoms with Crippen LogP contribution in [0.3, 0.4) is 0 Å². The average Bonchev–Trinajstić information content (AvgIpc) is 2.71. The minimum atomic E-state index is -3.55. The van der Waals surface area contributed by atoms with Gasteiger partial charge in [-0.3, -0.25) is 9.69 Å². The van der Waals surface area contributed by atoms with Crippen LogP contribution in [-0.4, -0.2) is 68.7 Å². The number of hydrogen-bond donors (Lipinski definition) is 0. The number of benzene rings is 2. The third-order valence-electron chi connectivity index (χ3n) is 5.39. The highest BCUT2D eigenvalue weighted by Crippen LogP contribution is 2.27. The minimum Gasteiger partial charge on any atom is -0.347 e. The summed E-state index contributed by atoms with van der Waals surface area (Å²) in [4.78, 5) is 16.9. The van der Waals surface area contributed by atoms with Gasteiger partial charge in [-0.05, 0) is 36.6 Å². The second kappa shape index (κ2) is 8.65. The maximum atomic E-state index is 13.2. The van der Waals surface area contributed by atoms with Crippen LogP contribution in [0.2, 0.25) is 0 Å². The lowest BCUT2D eigenvalue weighted by molar-refractivity contribution is -0.135. The van der Waals surface area contributed by atoms with E-state index in [-0.39, 0.29) is 5.91 Å². The molecule has 0 aliphatic carbocycles. The Hall–Kier alpha value is -2.22. The zero-order valence-electron chi connectivity index (χ0n) is 17.5. The number of aryl methyl sites for hydroxylation is 2. The van der Waals surface area contributed by atoms with E-state index in [2.05, 4.69) is 4.90 Å². The highest BCUT2D eigenvalue weighted by atomic mass is 32.2. The topological polar surface area (TPSA) is 60.9 Å². The van der Waals surface area contributed by atoms with E-state index in [1.54, 1.807) is 25.1 Å². The molecule has 7 heteroatoms. The van der Waals surface area contributed by atoms with E-state index in [0.29, 0.717) is 31.1 Å². The van der Waals surface area contributed by atoms with E-state index in [0.717, 1.165) is 16.7 Å². The van der Waals surface area contributed by atoms with Gasteiger partial charge in [-0.1, -0.05) is 42.5 Å². The highest BCUT2D eigenvalue weighted by Gasteiger charge is 2.35. The van der Waals surface area contributed by atoms with Gasteiger partial charge in [0.25, 0.3) is 0 Å². The molecule has 0 radical (unpaired) electrons. The van der Waals surface area contributed by atoms with E-state index in [1.807, 2.05) is 56.3 Å². The van der Waals surface area contributed by atoms with Gasteiger partial charge in [-0.15, -0.1) is 0 Å². The SMILES string of the molecule is Cc1ccc(C)c(S(=O)(=O)N2CCN([C@H](C(=O)N(C)C)c3ccccc3)CC2)c1. The Morgan fingerprint density at radius 2 is 1.59 bits per heavy atom. The molecule has 2 aromatic carbocycles. The van der Waals surface area contributed by atoms with Crippen LogP contribution in [0, 0.1) is 13.8 Å². The first-order chi connectivity index (χ1) is 13.7. The summed E-state index contributed by atoms with van der Waals surface area (Å²) in [7, 11) is -0.0552. The van der Waals surface area contributed by atoms with Crippen LogP contribution in [0.15, 0.2) is 53.4 Å². The van der Waals surface area contributed by atoms with E-state index in [1.165, 1.54) is 4.31 Å². The number of carbonyl (C=O) groups is 1. The van der Waals surface area contributed by atoms with E-state index < -0.39 is 16.1 Å². The Morgan fingerprint density at radius 3 is 2.17 bits per heavy atom. The van der Waals surface area contributed by atoms with Crippen LogP contribution in [-0.2, 0) is 14.8 Å². The number of carbonyl (C=O) groups excluding carboxylic acids is 1. The minimum absolute atomic E-state index is 0.00188. The fourth-order valence-corrected chi connectivity index (χ4v) is 5.45. The molecule has 1 amide bonds. The van der Waals surface area contributed by atoms with Gasteiger partial charge in [0, 0.05) is 40.3 Å². The Morgan fingerprint density at radius 1 is 0.966 bits per heavy atom. The van der Waals surface area contributed by atoms with E-state index >= 15 is 0 Å². The molecule has 1 fully saturated rings. The molecular weight excluding hydrogens is 386 g/mol. The van der Waals surface area contributed by atoms with Crippen LogP contribution in [0.4, 0.5) is 0 Å². The summed E-state index contributed by atoms with van der Waals surface area (Å²) in [6.07, 6.45) is 0. The molecule has 1 saturated heterocycles. The van der Waals surface area contributed by atoms with Gasteiger partial charge in [0.15, 0.2) is 0 Å². The smallest absolute Gasteiger partial charge is 0.244 e. The summed E-state index contributed by atoms with van der Waals surface area (Å²) in [5.41, 5.74) is 2.61. The first-order valence-electron chi connectivity index (χ1n) is 9.79. The third-order valence-corrected chi connectivity index (χ3v) is 7.43. The average molecular weight is 416 g/mol. The number of rotatable bonds is 5. The van der Waals surface area contributed by atoms with Crippen molar-refractivity contribution in [1.29, 1.82) is 0 Å². The summed E-state index contributed by atoms with van der Waals surface area (Å²) in [6.45, 7) is 5.45. The lowest BCUT2D eigenvalue weighted by atomic mass is 10.0. The number of likely N-dealkylation sites (N-methyl/N-ethyl adjacent to an activating group) is 1. The zero-order valence-corrected chi connectivity index (χ0v) is 18.3. The Labute approximate surface area is 173 Å². The molecule has 6 nitrogen and oxygen atoms in total. The summed E-state index contributed by atoms with van der Waals surface area (Å²) < 4.78 is 27.9. The summed E-state index contributed by atoms with van der Waals surface area (Å²) in [5, 5.41) is 0.